The largest absolute Gasteiger partial charge is 0.381 e. The summed E-state index contributed by atoms with van der Waals surface area (Å²) in [6.07, 6.45) is 1.77. The number of aryl methyl sites for hydroxylation is 1. The van der Waals surface area contributed by atoms with Crippen molar-refractivity contribution < 1.29 is 12.6 Å². The summed E-state index contributed by atoms with van der Waals surface area (Å²) >= 11 is 1.03. The molecule has 5 nitrogen and oxygen atoms in total. The Bertz CT molecular complexity index is 846. The van der Waals surface area contributed by atoms with Crippen LogP contribution < -0.4 is 0 Å². The van der Waals surface area contributed by atoms with Crippen molar-refractivity contribution in [3.8, 4) is 6.07 Å². The van der Waals surface area contributed by atoms with Gasteiger partial charge in [0, 0.05) is 6.08 Å². The van der Waals surface area contributed by atoms with E-state index in [1.807, 2.05) is 25.1 Å². The number of thioether (sulfide) groups is 1. The number of benzene rings is 1. The second-order valence-corrected chi connectivity index (χ2v) is 7.69. The molecule has 0 aliphatic carbocycles. The van der Waals surface area contributed by atoms with Gasteiger partial charge in [-0.3, -0.25) is 5.41 Å². The van der Waals surface area contributed by atoms with Crippen molar-refractivity contribution >= 4 is 32.5 Å². The highest BCUT2D eigenvalue weighted by atomic mass is 32.2. The van der Waals surface area contributed by atoms with Gasteiger partial charge in [0.2, 0.25) is 0 Å². The average Bonchev–Trinajstić information content (AvgIpc) is 2.81. The molecule has 0 atom stereocenters. The molecule has 23 heavy (non-hydrogen) atoms. The van der Waals surface area contributed by atoms with E-state index in [0.29, 0.717) is 22.5 Å². The van der Waals surface area contributed by atoms with Crippen molar-refractivity contribution in [2.45, 2.75) is 20.3 Å². The molecule has 0 saturated carbocycles. The van der Waals surface area contributed by atoms with Gasteiger partial charge in [0.25, 0.3) is 0 Å². The van der Waals surface area contributed by atoms with E-state index >= 15 is 0 Å². The van der Waals surface area contributed by atoms with Crippen LogP contribution in [-0.4, -0.2) is 19.2 Å². The molecule has 120 valence electrons. The Morgan fingerprint density at radius 1 is 1.39 bits per heavy atom. The third kappa shape index (κ3) is 4.03. The average molecular weight is 348 g/mol. The molecule has 0 unspecified atom stereocenters. The predicted molar refractivity (Wildman–Crippen MR) is 92.3 cm³/mol. The summed E-state index contributed by atoms with van der Waals surface area (Å²) in [6.45, 7) is 3.61. The first-order chi connectivity index (χ1) is 10.9. The molecule has 1 aromatic rings. The SMILES string of the molecule is CCCS(=O)(=O)OC1=CC(=N)SC1=C(C#N)c1ccccc1C. The third-order valence-electron chi connectivity index (χ3n) is 3.12. The summed E-state index contributed by atoms with van der Waals surface area (Å²) in [5.74, 6) is -0.0599. The Morgan fingerprint density at radius 3 is 2.70 bits per heavy atom. The number of nitrogens with one attached hydrogen (secondary N) is 1. The summed E-state index contributed by atoms with van der Waals surface area (Å²) in [5.41, 5.74) is 1.91. The van der Waals surface area contributed by atoms with Crippen LogP contribution >= 0.6 is 11.8 Å². The Labute approximate surface area is 140 Å². The first-order valence-electron chi connectivity index (χ1n) is 6.99. The van der Waals surface area contributed by atoms with Crippen LogP contribution in [0.1, 0.15) is 24.5 Å². The van der Waals surface area contributed by atoms with Crippen LogP contribution in [0.5, 0.6) is 0 Å². The number of nitriles is 1. The van der Waals surface area contributed by atoms with E-state index in [2.05, 4.69) is 6.07 Å². The number of hydrogen-bond donors (Lipinski definition) is 1. The topological polar surface area (TPSA) is 91.0 Å². The molecule has 0 radical (unpaired) electrons. The zero-order valence-corrected chi connectivity index (χ0v) is 14.4. The molecule has 7 heteroatoms. The van der Waals surface area contributed by atoms with E-state index in [9.17, 15) is 13.7 Å². The Kier molecular flexibility index (Phi) is 5.29. The van der Waals surface area contributed by atoms with Crippen molar-refractivity contribution in [3.05, 3.63) is 52.1 Å². The summed E-state index contributed by atoms with van der Waals surface area (Å²) in [5, 5.41) is 17.5. The summed E-state index contributed by atoms with van der Waals surface area (Å²) in [6, 6.07) is 9.45. The van der Waals surface area contributed by atoms with Crippen LogP contribution in [-0.2, 0) is 14.3 Å². The van der Waals surface area contributed by atoms with Crippen molar-refractivity contribution in [2.24, 2.45) is 0 Å². The normalized spacial score (nSPS) is 16.7. The van der Waals surface area contributed by atoms with E-state index in [4.69, 9.17) is 9.59 Å². The molecule has 1 aliphatic heterocycles. The van der Waals surface area contributed by atoms with Crippen molar-refractivity contribution in [1.82, 2.24) is 0 Å². The molecule has 1 heterocycles. The van der Waals surface area contributed by atoms with Gasteiger partial charge in [0.1, 0.15) is 6.07 Å². The monoisotopic (exact) mass is 348 g/mol. The minimum Gasteiger partial charge on any atom is -0.381 e. The lowest BCUT2D eigenvalue weighted by molar-refractivity contribution is 0.419. The van der Waals surface area contributed by atoms with Crippen molar-refractivity contribution in [1.29, 1.82) is 10.7 Å². The molecule has 0 fully saturated rings. The van der Waals surface area contributed by atoms with E-state index < -0.39 is 10.1 Å². The van der Waals surface area contributed by atoms with Gasteiger partial charge >= 0.3 is 10.1 Å². The molecule has 0 saturated heterocycles. The lowest BCUT2D eigenvalue weighted by Crippen LogP contribution is -2.10. The van der Waals surface area contributed by atoms with E-state index in [-0.39, 0.29) is 16.6 Å². The minimum absolute atomic E-state index is 0.0493. The number of nitrogens with zero attached hydrogens (tertiary/aromatic N) is 1. The fourth-order valence-electron chi connectivity index (χ4n) is 2.13. The van der Waals surface area contributed by atoms with Crippen LogP contribution in [0.4, 0.5) is 0 Å². The molecule has 0 spiro atoms. The highest BCUT2D eigenvalue weighted by Gasteiger charge is 2.27. The molecule has 1 aliphatic rings. The van der Waals surface area contributed by atoms with Gasteiger partial charge in [-0.1, -0.05) is 43.0 Å². The standard InChI is InChI=1S/C16H16N2O3S2/c1-3-8-23(19,20)21-14-9-15(18)22-16(14)13(10-17)12-7-5-4-6-11(12)2/h4-7,9,18H,3,8H2,1-2H3. The summed E-state index contributed by atoms with van der Waals surface area (Å²) in [7, 11) is -3.73. The lowest BCUT2D eigenvalue weighted by atomic mass is 10.0. The smallest absolute Gasteiger partial charge is 0.309 e. The van der Waals surface area contributed by atoms with E-state index in [0.717, 1.165) is 17.3 Å². The fraction of sp³-hybridized carbons (Fsp3) is 0.250. The van der Waals surface area contributed by atoms with Crippen LogP contribution in [0, 0.1) is 23.7 Å². The highest BCUT2D eigenvalue weighted by Crippen LogP contribution is 2.40. The minimum atomic E-state index is -3.73. The van der Waals surface area contributed by atoms with Crippen LogP contribution in [0.2, 0.25) is 0 Å². The fourth-order valence-corrected chi connectivity index (χ4v) is 4.01. The van der Waals surface area contributed by atoms with Crippen molar-refractivity contribution in [3.63, 3.8) is 0 Å². The van der Waals surface area contributed by atoms with Crippen molar-refractivity contribution in [2.75, 3.05) is 5.75 Å². The van der Waals surface area contributed by atoms with Gasteiger partial charge in [0.15, 0.2) is 5.76 Å². The third-order valence-corrected chi connectivity index (χ3v) is 5.41. The van der Waals surface area contributed by atoms with Crippen LogP contribution in [0.15, 0.2) is 41.0 Å². The summed E-state index contributed by atoms with van der Waals surface area (Å²) in [4.78, 5) is 0.367. The molecular weight excluding hydrogens is 332 g/mol. The zero-order chi connectivity index (χ0) is 17.0. The molecular formula is C16H16N2O3S2. The first-order valence-corrected chi connectivity index (χ1v) is 9.38. The predicted octanol–water partition coefficient (Wildman–Crippen LogP) is 3.59. The zero-order valence-electron chi connectivity index (χ0n) is 12.8. The van der Waals surface area contributed by atoms with Crippen LogP contribution in [0.3, 0.4) is 0 Å². The Balaban J connectivity index is 2.51. The van der Waals surface area contributed by atoms with Gasteiger partial charge in [-0.15, -0.1) is 0 Å². The number of allylic oxidation sites excluding steroid dienone is 1. The quantitative estimate of drug-likeness (QED) is 0.648. The molecule has 2 rings (SSSR count). The van der Waals surface area contributed by atoms with Crippen LogP contribution in [0.25, 0.3) is 5.57 Å². The van der Waals surface area contributed by atoms with Gasteiger partial charge in [0.05, 0.1) is 21.3 Å². The molecule has 0 bridgehead atoms. The number of rotatable bonds is 5. The second-order valence-electron chi connectivity index (χ2n) is 4.95. The van der Waals surface area contributed by atoms with Gasteiger partial charge in [-0.2, -0.15) is 13.7 Å². The second kappa shape index (κ2) is 7.02. The molecule has 1 aromatic carbocycles. The maximum atomic E-state index is 11.9. The highest BCUT2D eigenvalue weighted by molar-refractivity contribution is 8.18. The maximum absolute atomic E-state index is 11.9. The Morgan fingerprint density at radius 2 is 2.09 bits per heavy atom. The van der Waals surface area contributed by atoms with Gasteiger partial charge in [-0.05, 0) is 24.5 Å². The molecule has 1 N–H and O–H groups in total. The lowest BCUT2D eigenvalue weighted by Gasteiger charge is -2.11. The number of hydrogen-bond acceptors (Lipinski definition) is 6. The van der Waals surface area contributed by atoms with E-state index in [1.54, 1.807) is 13.0 Å². The van der Waals surface area contributed by atoms with Gasteiger partial charge < -0.3 is 4.18 Å². The summed E-state index contributed by atoms with van der Waals surface area (Å²) < 4.78 is 28.9. The molecule has 0 aromatic heterocycles. The Hall–Kier alpha value is -2.04. The first kappa shape index (κ1) is 17.3. The van der Waals surface area contributed by atoms with E-state index in [1.165, 1.54) is 6.08 Å². The van der Waals surface area contributed by atoms with Gasteiger partial charge in [-0.25, -0.2) is 0 Å². The molecule has 0 amide bonds. The maximum Gasteiger partial charge on any atom is 0.309 e.